The largest absolute Gasteiger partial charge is 0.492 e. The molecule has 0 aliphatic heterocycles. The Morgan fingerprint density at radius 2 is 1.67 bits per heavy atom. The molecule has 0 saturated heterocycles. The molecule has 0 radical (unpaired) electrons. The molecule has 0 atom stereocenters. The fourth-order valence-corrected chi connectivity index (χ4v) is 3.94. The summed E-state index contributed by atoms with van der Waals surface area (Å²) in [6.07, 6.45) is 0.769. The van der Waals surface area contributed by atoms with Gasteiger partial charge in [0.05, 0.1) is 11.1 Å². The molecule has 0 heterocycles. The van der Waals surface area contributed by atoms with Crippen molar-refractivity contribution >= 4 is 56.7 Å². The molecule has 3 aromatic carbocycles. The minimum absolute atomic E-state index is 0.0640. The van der Waals surface area contributed by atoms with Crippen LogP contribution in [0.4, 0.5) is 0 Å². The molecule has 0 aliphatic rings. The molecule has 0 spiro atoms. The molecule has 0 bridgehead atoms. The molecule has 0 saturated carbocycles. The minimum atomic E-state index is -0.475. The van der Waals surface area contributed by atoms with Crippen LogP contribution in [-0.4, -0.2) is 30.1 Å². The van der Waals surface area contributed by atoms with Crippen LogP contribution in [0, 0.1) is 13.8 Å². The summed E-state index contributed by atoms with van der Waals surface area (Å²) in [6, 6.07) is 18.5. The molecule has 0 fully saturated rings. The Labute approximate surface area is 228 Å². The lowest BCUT2D eigenvalue weighted by atomic mass is 10.1. The second-order valence-corrected chi connectivity index (χ2v) is 9.49. The van der Waals surface area contributed by atoms with Gasteiger partial charge in [0.2, 0.25) is 0 Å². The molecule has 0 unspecified atom stereocenters. The summed E-state index contributed by atoms with van der Waals surface area (Å²) in [6.45, 7) is 3.97. The van der Waals surface area contributed by atoms with E-state index in [0.29, 0.717) is 33.2 Å². The maximum atomic E-state index is 12.5. The summed E-state index contributed by atoms with van der Waals surface area (Å²) in [5.74, 6) is 0.235. The van der Waals surface area contributed by atoms with Gasteiger partial charge in [0.25, 0.3) is 11.8 Å². The maximum Gasteiger partial charge on any atom is 0.276 e. The molecule has 10 heteroatoms. The van der Waals surface area contributed by atoms with E-state index in [2.05, 4.69) is 32.1 Å². The first-order valence-corrected chi connectivity index (χ1v) is 12.6. The zero-order chi connectivity index (χ0) is 26.1. The lowest BCUT2D eigenvalue weighted by molar-refractivity contribution is -0.123. The van der Waals surface area contributed by atoms with E-state index in [1.807, 2.05) is 44.2 Å². The van der Waals surface area contributed by atoms with Gasteiger partial charge < -0.3 is 9.47 Å². The molecule has 0 aromatic heterocycles. The topological polar surface area (TPSA) is 88.7 Å². The van der Waals surface area contributed by atoms with Crippen LogP contribution < -0.4 is 25.6 Å². The van der Waals surface area contributed by atoms with Gasteiger partial charge in [-0.2, -0.15) is 0 Å². The van der Waals surface area contributed by atoms with Gasteiger partial charge in [0.15, 0.2) is 11.7 Å². The summed E-state index contributed by atoms with van der Waals surface area (Å²) in [5, 5.41) is 3.10. The fraction of sp³-hybridized carbons (Fsp3) is 0.192. The third-order valence-corrected chi connectivity index (χ3v) is 6.43. The molecule has 3 aromatic rings. The first kappa shape index (κ1) is 27.4. The van der Waals surface area contributed by atoms with E-state index >= 15 is 0 Å². The average Bonchev–Trinajstić information content (AvgIpc) is 2.86. The first-order chi connectivity index (χ1) is 17.2. The molecule has 0 aliphatic carbocycles. The van der Waals surface area contributed by atoms with Crippen molar-refractivity contribution in [2.75, 3.05) is 13.2 Å². The van der Waals surface area contributed by atoms with Crippen molar-refractivity contribution in [3.8, 4) is 11.5 Å². The van der Waals surface area contributed by atoms with Crippen LogP contribution in [0.3, 0.4) is 0 Å². The van der Waals surface area contributed by atoms with Crippen molar-refractivity contribution in [2.45, 2.75) is 20.3 Å². The molecule has 36 heavy (non-hydrogen) atoms. The van der Waals surface area contributed by atoms with Crippen molar-refractivity contribution in [1.82, 2.24) is 16.2 Å². The molecule has 188 valence electrons. The molecule has 2 amide bonds. The second kappa shape index (κ2) is 13.2. The van der Waals surface area contributed by atoms with E-state index in [4.69, 9.17) is 33.3 Å². The van der Waals surface area contributed by atoms with Crippen LogP contribution >= 0.6 is 39.7 Å². The number of hydrogen-bond acceptors (Lipinski definition) is 5. The zero-order valence-electron chi connectivity index (χ0n) is 19.7. The van der Waals surface area contributed by atoms with Crippen LogP contribution in [0.5, 0.6) is 11.5 Å². The van der Waals surface area contributed by atoms with Gasteiger partial charge in [0, 0.05) is 17.0 Å². The lowest BCUT2D eigenvalue weighted by Gasteiger charge is -2.13. The van der Waals surface area contributed by atoms with Crippen LogP contribution in [0.15, 0.2) is 65.1 Å². The first-order valence-electron chi connectivity index (χ1n) is 11.0. The smallest absolute Gasteiger partial charge is 0.276 e. The maximum absolute atomic E-state index is 12.5. The van der Waals surface area contributed by atoms with Crippen molar-refractivity contribution in [1.29, 1.82) is 0 Å². The van der Waals surface area contributed by atoms with Gasteiger partial charge in [0.1, 0.15) is 11.5 Å². The van der Waals surface area contributed by atoms with Gasteiger partial charge in [-0.25, -0.2) is 0 Å². The van der Waals surface area contributed by atoms with Gasteiger partial charge in [-0.15, -0.1) is 0 Å². The number of thiocarbonyl (C=S) groups is 1. The van der Waals surface area contributed by atoms with E-state index in [1.54, 1.807) is 30.3 Å². The SMILES string of the molecule is Cc1cc(OCC(=O)NNC(=S)NC(=O)c2ccc(OCCc3ccccc3)c(Br)c2)cc(C)c1Cl. The van der Waals surface area contributed by atoms with Gasteiger partial charge in [-0.05, 0) is 89.0 Å². The fourth-order valence-electron chi connectivity index (χ4n) is 3.19. The van der Waals surface area contributed by atoms with E-state index < -0.39 is 11.8 Å². The quantitative estimate of drug-likeness (QED) is 0.251. The third-order valence-electron chi connectivity index (χ3n) is 5.01. The Hall–Kier alpha value is -3.14. The highest BCUT2D eigenvalue weighted by Crippen LogP contribution is 2.27. The summed E-state index contributed by atoms with van der Waals surface area (Å²) in [4.78, 5) is 24.6. The van der Waals surface area contributed by atoms with Crippen molar-refractivity contribution in [2.24, 2.45) is 0 Å². The number of carbonyl (C=O) groups excluding carboxylic acids is 2. The van der Waals surface area contributed by atoms with E-state index in [-0.39, 0.29) is 11.7 Å². The van der Waals surface area contributed by atoms with Gasteiger partial charge in [-0.3, -0.25) is 25.8 Å². The van der Waals surface area contributed by atoms with E-state index in [9.17, 15) is 9.59 Å². The van der Waals surface area contributed by atoms with Crippen molar-refractivity contribution in [3.05, 3.63) is 92.4 Å². The monoisotopic (exact) mass is 589 g/mol. The molecule has 3 rings (SSSR count). The molecular weight excluding hydrogens is 566 g/mol. The minimum Gasteiger partial charge on any atom is -0.492 e. The average molecular weight is 591 g/mol. The van der Waals surface area contributed by atoms with E-state index in [1.165, 1.54) is 5.56 Å². The van der Waals surface area contributed by atoms with Crippen LogP contribution in [0.25, 0.3) is 0 Å². The summed E-state index contributed by atoms with van der Waals surface area (Å²) < 4.78 is 11.9. The Kier molecular flexibility index (Phi) is 10.1. The van der Waals surface area contributed by atoms with Crippen molar-refractivity contribution in [3.63, 3.8) is 0 Å². The Morgan fingerprint density at radius 3 is 2.33 bits per heavy atom. The number of hydrazine groups is 1. The number of nitrogens with one attached hydrogen (secondary N) is 3. The number of ether oxygens (including phenoxy) is 2. The number of halogens is 2. The lowest BCUT2D eigenvalue weighted by Crippen LogP contribution is -2.49. The van der Waals surface area contributed by atoms with Crippen LogP contribution in [0.2, 0.25) is 5.02 Å². The Balaban J connectivity index is 1.42. The Morgan fingerprint density at radius 1 is 0.972 bits per heavy atom. The highest BCUT2D eigenvalue weighted by atomic mass is 79.9. The number of carbonyl (C=O) groups is 2. The van der Waals surface area contributed by atoms with Gasteiger partial charge in [-0.1, -0.05) is 41.9 Å². The number of aryl methyl sites for hydroxylation is 2. The number of hydrogen-bond donors (Lipinski definition) is 3. The number of amides is 2. The highest BCUT2D eigenvalue weighted by Gasteiger charge is 2.12. The Bertz CT molecular complexity index is 1230. The number of benzene rings is 3. The predicted molar refractivity (Wildman–Crippen MR) is 148 cm³/mol. The number of rotatable bonds is 8. The van der Waals surface area contributed by atoms with E-state index in [0.717, 1.165) is 17.5 Å². The molecular formula is C26H25BrClN3O4S. The second-order valence-electron chi connectivity index (χ2n) is 7.85. The van der Waals surface area contributed by atoms with Gasteiger partial charge >= 0.3 is 0 Å². The summed E-state index contributed by atoms with van der Waals surface area (Å²) in [5.41, 5.74) is 8.12. The van der Waals surface area contributed by atoms with Crippen molar-refractivity contribution < 1.29 is 19.1 Å². The summed E-state index contributed by atoms with van der Waals surface area (Å²) >= 11 is 14.7. The zero-order valence-corrected chi connectivity index (χ0v) is 22.9. The standard InChI is InChI=1S/C26H25BrClN3O4S/c1-16-12-20(13-17(2)24(16)28)35-15-23(32)30-31-26(36)29-25(33)19-8-9-22(21(27)14-19)34-11-10-18-6-4-3-5-7-18/h3-9,12-14H,10-11,15H2,1-2H3,(H,30,32)(H2,29,31,33,36). The molecule has 3 N–H and O–H groups in total. The predicted octanol–water partition coefficient (Wildman–Crippen LogP) is 5.06. The van der Waals surface area contributed by atoms with Crippen LogP contribution in [0.1, 0.15) is 27.0 Å². The highest BCUT2D eigenvalue weighted by molar-refractivity contribution is 9.10. The third kappa shape index (κ3) is 8.22. The molecule has 7 nitrogen and oxygen atoms in total. The normalized spacial score (nSPS) is 10.3. The summed E-state index contributed by atoms with van der Waals surface area (Å²) in [7, 11) is 0. The van der Waals surface area contributed by atoms with Crippen LogP contribution in [-0.2, 0) is 11.2 Å².